The van der Waals surface area contributed by atoms with E-state index in [0.29, 0.717) is 41.9 Å². The van der Waals surface area contributed by atoms with E-state index in [2.05, 4.69) is 49.1 Å². The molecular weight excluding hydrogens is 584 g/mol. The Morgan fingerprint density at radius 3 is 2.41 bits per heavy atom. The first kappa shape index (κ1) is 35.6. The molecule has 0 spiro atoms. The normalized spacial score (nSPS) is 21.0. The Bertz CT molecular complexity index is 1300. The van der Waals surface area contributed by atoms with Gasteiger partial charge in [0.25, 0.3) is 0 Å². The number of ether oxygens (including phenoxy) is 3. The highest BCUT2D eigenvalue weighted by atomic mass is 28.4. The first-order valence-electron chi connectivity index (χ1n) is 15.2. The summed E-state index contributed by atoms with van der Waals surface area (Å²) < 4.78 is 23.3. The molecular formula is C31H50N4O8Si. The van der Waals surface area contributed by atoms with E-state index in [-0.39, 0.29) is 17.4 Å². The maximum Gasteiger partial charge on any atom is 0.407 e. The van der Waals surface area contributed by atoms with Gasteiger partial charge in [-0.2, -0.15) is 0 Å². The van der Waals surface area contributed by atoms with Gasteiger partial charge in [-0.25, -0.2) is 14.8 Å². The van der Waals surface area contributed by atoms with Crippen LogP contribution in [0.5, 0.6) is 5.88 Å². The molecule has 5 atom stereocenters. The second-order valence-corrected chi connectivity index (χ2v) is 18.4. The van der Waals surface area contributed by atoms with Gasteiger partial charge in [0, 0.05) is 24.4 Å². The molecule has 44 heavy (non-hydrogen) atoms. The molecule has 246 valence electrons. The molecule has 3 rings (SSSR count). The summed E-state index contributed by atoms with van der Waals surface area (Å²) in [5, 5.41) is 26.8. The highest BCUT2D eigenvalue weighted by Crippen LogP contribution is 2.38. The summed E-state index contributed by atoms with van der Waals surface area (Å²) in [6.07, 6.45) is -2.91. The van der Waals surface area contributed by atoms with E-state index >= 15 is 0 Å². The third-order valence-electron chi connectivity index (χ3n) is 8.17. The number of rotatable bonds is 10. The molecule has 3 heterocycles. The minimum Gasteiger partial charge on any atom is -0.481 e. The molecule has 0 unspecified atom stereocenters. The lowest BCUT2D eigenvalue weighted by Gasteiger charge is -2.42. The second kappa shape index (κ2) is 14.1. The Labute approximate surface area is 261 Å². The number of aliphatic hydroxyl groups excluding tert-OH is 2. The lowest BCUT2D eigenvalue weighted by Crippen LogP contribution is -2.55. The van der Waals surface area contributed by atoms with Crippen LogP contribution in [0.15, 0.2) is 24.4 Å². The van der Waals surface area contributed by atoms with Gasteiger partial charge in [-0.05, 0) is 70.8 Å². The molecule has 1 fully saturated rings. The van der Waals surface area contributed by atoms with Crippen molar-refractivity contribution in [3.8, 4) is 5.88 Å². The van der Waals surface area contributed by atoms with E-state index in [9.17, 15) is 19.8 Å². The van der Waals surface area contributed by atoms with Gasteiger partial charge in [-0.1, -0.05) is 20.8 Å². The number of hydrogen-bond donors (Lipinski definition) is 3. The number of nitrogens with one attached hydrogen (secondary N) is 1. The van der Waals surface area contributed by atoms with Crippen LogP contribution in [0.2, 0.25) is 18.1 Å². The predicted molar refractivity (Wildman–Crippen MR) is 168 cm³/mol. The van der Waals surface area contributed by atoms with Gasteiger partial charge in [0.05, 0.1) is 42.8 Å². The molecule has 0 aliphatic carbocycles. The number of hydrogen-bond acceptors (Lipinski definition) is 10. The quantitative estimate of drug-likeness (QED) is 0.249. The summed E-state index contributed by atoms with van der Waals surface area (Å²) in [4.78, 5) is 35.0. The van der Waals surface area contributed by atoms with Crippen LogP contribution >= 0.6 is 0 Å². The zero-order chi connectivity index (χ0) is 33.0. The first-order chi connectivity index (χ1) is 20.4. The van der Waals surface area contributed by atoms with Crippen molar-refractivity contribution in [2.24, 2.45) is 0 Å². The number of nitrogens with zero attached hydrogens (tertiary/aromatic N) is 3. The lowest BCUT2D eigenvalue weighted by atomic mass is 9.90. The van der Waals surface area contributed by atoms with Crippen molar-refractivity contribution in [3.63, 3.8) is 0 Å². The molecule has 3 N–H and O–H groups in total. The second-order valence-electron chi connectivity index (χ2n) is 13.7. The maximum absolute atomic E-state index is 13.6. The molecule has 0 bridgehead atoms. The molecule has 2 aromatic heterocycles. The summed E-state index contributed by atoms with van der Waals surface area (Å²) in [7, 11) is -0.828. The van der Waals surface area contributed by atoms with Crippen molar-refractivity contribution >= 4 is 31.4 Å². The van der Waals surface area contributed by atoms with Gasteiger partial charge in [0.2, 0.25) is 20.1 Å². The van der Waals surface area contributed by atoms with E-state index in [1.807, 2.05) is 6.92 Å². The van der Waals surface area contributed by atoms with E-state index < -0.39 is 50.5 Å². The number of aromatic nitrogens is 2. The Kier molecular flexibility index (Phi) is 11.4. The highest BCUT2D eigenvalue weighted by molar-refractivity contribution is 6.74. The standard InChI is InChI=1S/C31H50N4O8Si/c1-11-35(43-44(9,10)31(5,6)7)25(36)18-23-20(33-29(39)42-30(2,3)4)12-14-22(41-23)28(38)27(37)19-16-17-32-21-13-15-24(40-8)34-26(19)21/h13,15-17,20,22-23,27-28,37-38H,11-12,14,18H2,1-10H3,(H,33,39)/t20-,22+,23-,27-,28+/m1/s1. The van der Waals surface area contributed by atoms with Crippen LogP contribution in [0.4, 0.5) is 4.79 Å². The Morgan fingerprint density at radius 2 is 1.82 bits per heavy atom. The maximum atomic E-state index is 13.6. The molecule has 12 nitrogen and oxygen atoms in total. The molecule has 1 aliphatic heterocycles. The summed E-state index contributed by atoms with van der Waals surface area (Å²) in [6.45, 7) is 17.9. The number of amides is 2. The lowest BCUT2D eigenvalue weighted by molar-refractivity contribution is -0.174. The minimum absolute atomic E-state index is 0.112. The van der Waals surface area contributed by atoms with Crippen molar-refractivity contribution in [1.82, 2.24) is 20.3 Å². The molecule has 0 radical (unpaired) electrons. The van der Waals surface area contributed by atoms with Crippen molar-refractivity contribution in [2.45, 2.75) is 122 Å². The molecule has 0 aromatic carbocycles. The fourth-order valence-electron chi connectivity index (χ4n) is 4.73. The van der Waals surface area contributed by atoms with Gasteiger partial charge >= 0.3 is 6.09 Å². The van der Waals surface area contributed by atoms with Crippen LogP contribution in [0.25, 0.3) is 11.0 Å². The van der Waals surface area contributed by atoms with Crippen molar-refractivity contribution in [1.29, 1.82) is 0 Å². The van der Waals surface area contributed by atoms with Crippen LogP contribution in [-0.4, -0.2) is 89.2 Å². The van der Waals surface area contributed by atoms with Crippen molar-refractivity contribution < 1.29 is 38.5 Å². The van der Waals surface area contributed by atoms with Crippen LogP contribution in [0.1, 0.15) is 79.4 Å². The van der Waals surface area contributed by atoms with Crippen LogP contribution in [0, 0.1) is 0 Å². The van der Waals surface area contributed by atoms with E-state index in [1.54, 1.807) is 39.0 Å². The topological polar surface area (TPSA) is 153 Å². The van der Waals surface area contributed by atoms with Crippen molar-refractivity contribution in [2.75, 3.05) is 13.7 Å². The van der Waals surface area contributed by atoms with Gasteiger partial charge in [-0.15, -0.1) is 0 Å². The average molecular weight is 635 g/mol. The molecule has 0 saturated carbocycles. The van der Waals surface area contributed by atoms with E-state index in [1.165, 1.54) is 18.4 Å². The van der Waals surface area contributed by atoms with Gasteiger partial charge in [0.1, 0.15) is 17.8 Å². The van der Waals surface area contributed by atoms with Gasteiger partial charge in [0.15, 0.2) is 0 Å². The first-order valence-corrected chi connectivity index (χ1v) is 18.1. The van der Waals surface area contributed by atoms with Crippen LogP contribution in [-0.2, 0) is 18.8 Å². The number of carbonyl (C=O) groups excluding carboxylic acids is 2. The monoisotopic (exact) mass is 634 g/mol. The summed E-state index contributed by atoms with van der Waals surface area (Å²) in [5.74, 6) is 0.0443. The largest absolute Gasteiger partial charge is 0.481 e. The predicted octanol–water partition coefficient (Wildman–Crippen LogP) is 4.65. The fourth-order valence-corrected chi connectivity index (χ4v) is 5.78. The smallest absolute Gasteiger partial charge is 0.407 e. The summed E-state index contributed by atoms with van der Waals surface area (Å²) in [5.41, 5.74) is 0.581. The van der Waals surface area contributed by atoms with E-state index in [4.69, 9.17) is 18.7 Å². The molecule has 1 aliphatic rings. The highest BCUT2D eigenvalue weighted by Gasteiger charge is 2.43. The Morgan fingerprint density at radius 1 is 1.14 bits per heavy atom. The third kappa shape index (κ3) is 8.87. The molecule has 2 amide bonds. The van der Waals surface area contributed by atoms with Crippen LogP contribution in [0.3, 0.4) is 0 Å². The summed E-state index contributed by atoms with van der Waals surface area (Å²) >= 11 is 0. The van der Waals surface area contributed by atoms with Gasteiger partial charge in [-0.3, -0.25) is 9.78 Å². The van der Waals surface area contributed by atoms with E-state index in [0.717, 1.165) is 0 Å². The zero-order valence-electron chi connectivity index (χ0n) is 27.7. The SMILES string of the molecule is CCN(O[Si](C)(C)C(C)(C)C)C(=O)C[C@H]1O[C@H]([C@H](O)[C@H](O)c2ccnc3ccc(OC)nc23)CC[C@H]1NC(=O)OC(C)(C)C. The third-order valence-corrected chi connectivity index (χ3v) is 12.5. The van der Waals surface area contributed by atoms with Gasteiger partial charge < -0.3 is 34.3 Å². The minimum atomic E-state index is -2.32. The average Bonchev–Trinajstić information content (AvgIpc) is 2.93. The number of hydroxylamine groups is 2. The number of aliphatic hydroxyl groups is 2. The van der Waals surface area contributed by atoms with Crippen LogP contribution < -0.4 is 10.1 Å². The number of carbonyl (C=O) groups is 2. The molecule has 1 saturated heterocycles. The zero-order valence-corrected chi connectivity index (χ0v) is 28.7. The Hall–Kier alpha value is -2.84. The van der Waals surface area contributed by atoms with Crippen molar-refractivity contribution in [3.05, 3.63) is 30.0 Å². The molecule has 2 aromatic rings. The fraction of sp³-hybridized carbons (Fsp3) is 0.677. The number of pyridine rings is 2. The number of fused-ring (bicyclic) bond motifs is 1. The number of alkyl carbamates (subject to hydrolysis) is 1. The summed E-state index contributed by atoms with van der Waals surface area (Å²) in [6, 6.07) is 4.41. The molecule has 13 heteroatoms. The Balaban J connectivity index is 1.85. The number of methoxy groups -OCH3 is 1.